The first-order valence-electron chi connectivity index (χ1n) is 8.94. The van der Waals surface area contributed by atoms with E-state index in [0.717, 1.165) is 28.0 Å². The monoisotopic (exact) mass is 480 g/mol. The number of thiazole rings is 1. The molecule has 4 aromatic rings. The number of carbonyl (C=O) groups excluding carboxylic acids is 1. The predicted molar refractivity (Wildman–Crippen MR) is 113 cm³/mol. The van der Waals surface area contributed by atoms with Crippen molar-refractivity contribution in [3.05, 3.63) is 79.8 Å². The minimum atomic E-state index is -4.52. The summed E-state index contributed by atoms with van der Waals surface area (Å²) in [6, 6.07) is 8.88. The molecule has 12 heteroatoms. The second-order valence-electron chi connectivity index (χ2n) is 6.47. The largest absolute Gasteiger partial charge is 0.483 e. The van der Waals surface area contributed by atoms with Crippen LogP contribution in [-0.4, -0.2) is 27.1 Å². The minimum Gasteiger partial charge on any atom is -0.483 e. The van der Waals surface area contributed by atoms with E-state index in [9.17, 15) is 22.8 Å². The molecular weight excluding hydrogens is 469 g/mol. The third-order valence-electron chi connectivity index (χ3n) is 4.21. The Bertz CT molecular complexity index is 1420. The summed E-state index contributed by atoms with van der Waals surface area (Å²) in [6.07, 6.45) is -1.71. The van der Waals surface area contributed by atoms with Gasteiger partial charge in [0.1, 0.15) is 12.1 Å². The highest BCUT2D eigenvalue weighted by atomic mass is 35.5. The molecule has 0 saturated heterocycles. The van der Waals surface area contributed by atoms with Crippen molar-refractivity contribution < 1.29 is 22.7 Å². The van der Waals surface area contributed by atoms with Gasteiger partial charge in [-0.1, -0.05) is 29.0 Å². The average Bonchev–Trinajstić information content (AvgIpc) is 3.30. The highest BCUT2D eigenvalue weighted by Gasteiger charge is 2.30. The zero-order valence-electron chi connectivity index (χ0n) is 15.9. The highest BCUT2D eigenvalue weighted by Crippen LogP contribution is 2.30. The quantitative estimate of drug-likeness (QED) is 0.473. The standard InChI is InChI=1S/C20H12ClF3N4O3S/c21-13-4-5-15(11(6-13)7-16-18(30)28-19(32-16)25-10-26-28)31-9-17(29)27-14-3-1-2-12(8-14)20(22,23)24/h1-8,10H,9H2,(H,27,29)/b16-7-. The molecule has 2 aromatic carbocycles. The molecule has 0 spiro atoms. The molecule has 0 aliphatic heterocycles. The van der Waals surface area contributed by atoms with Crippen LogP contribution in [0.2, 0.25) is 5.02 Å². The van der Waals surface area contributed by atoms with Crippen LogP contribution in [-0.2, 0) is 11.0 Å². The lowest BCUT2D eigenvalue weighted by Gasteiger charge is -2.11. The smallest absolute Gasteiger partial charge is 0.416 e. The summed E-state index contributed by atoms with van der Waals surface area (Å²) >= 11 is 7.17. The van der Waals surface area contributed by atoms with Crippen molar-refractivity contribution in [3.8, 4) is 5.75 Å². The molecule has 0 unspecified atom stereocenters. The molecule has 0 aliphatic rings. The van der Waals surface area contributed by atoms with E-state index in [1.807, 2.05) is 0 Å². The molecule has 164 valence electrons. The summed E-state index contributed by atoms with van der Waals surface area (Å²) in [6.45, 7) is -0.474. The van der Waals surface area contributed by atoms with Crippen molar-refractivity contribution in [1.82, 2.24) is 14.6 Å². The molecule has 0 bridgehead atoms. The van der Waals surface area contributed by atoms with Crippen LogP contribution in [0.1, 0.15) is 11.1 Å². The van der Waals surface area contributed by atoms with Gasteiger partial charge in [-0.25, -0.2) is 4.98 Å². The summed E-state index contributed by atoms with van der Waals surface area (Å²) in [5.41, 5.74) is -0.820. The Labute approximate surface area is 186 Å². The van der Waals surface area contributed by atoms with E-state index < -0.39 is 24.3 Å². The molecule has 4 rings (SSSR count). The van der Waals surface area contributed by atoms with Gasteiger partial charge in [0.05, 0.1) is 10.1 Å². The Morgan fingerprint density at radius 1 is 1.25 bits per heavy atom. The fourth-order valence-electron chi connectivity index (χ4n) is 2.80. The van der Waals surface area contributed by atoms with Crippen molar-refractivity contribution in [1.29, 1.82) is 0 Å². The van der Waals surface area contributed by atoms with E-state index in [-0.39, 0.29) is 17.0 Å². The molecule has 2 heterocycles. The molecule has 0 aliphatic carbocycles. The topological polar surface area (TPSA) is 85.6 Å². The van der Waals surface area contributed by atoms with Crippen molar-refractivity contribution in [2.45, 2.75) is 6.18 Å². The highest BCUT2D eigenvalue weighted by molar-refractivity contribution is 7.15. The van der Waals surface area contributed by atoms with Crippen LogP contribution in [0.15, 0.2) is 53.6 Å². The maximum absolute atomic E-state index is 12.8. The molecule has 7 nitrogen and oxygen atoms in total. The van der Waals surface area contributed by atoms with Gasteiger partial charge >= 0.3 is 6.18 Å². The van der Waals surface area contributed by atoms with Gasteiger partial charge in [0.15, 0.2) is 6.61 Å². The Morgan fingerprint density at radius 3 is 2.81 bits per heavy atom. The van der Waals surface area contributed by atoms with E-state index in [0.29, 0.717) is 20.1 Å². The first kappa shape index (κ1) is 21.8. The fourth-order valence-corrected chi connectivity index (χ4v) is 3.85. The Balaban J connectivity index is 1.52. The molecule has 1 N–H and O–H groups in total. The second kappa shape index (κ2) is 8.60. The number of alkyl halides is 3. The molecule has 32 heavy (non-hydrogen) atoms. The van der Waals surface area contributed by atoms with Crippen LogP contribution in [0, 0.1) is 0 Å². The molecule has 0 fully saturated rings. The van der Waals surface area contributed by atoms with Crippen molar-refractivity contribution in [3.63, 3.8) is 0 Å². The van der Waals surface area contributed by atoms with Crippen LogP contribution < -0.4 is 20.1 Å². The summed E-state index contributed by atoms with van der Waals surface area (Å²) < 4.78 is 45.5. The number of nitrogens with zero attached hydrogens (tertiary/aromatic N) is 3. The van der Waals surface area contributed by atoms with Crippen molar-refractivity contribution >= 4 is 45.6 Å². The molecule has 0 atom stereocenters. The van der Waals surface area contributed by atoms with Gasteiger partial charge in [-0.15, -0.1) is 0 Å². The van der Waals surface area contributed by atoms with Crippen LogP contribution in [0.4, 0.5) is 18.9 Å². The number of hydrogen-bond acceptors (Lipinski definition) is 6. The molecule has 0 radical (unpaired) electrons. The van der Waals surface area contributed by atoms with Crippen LogP contribution in [0.5, 0.6) is 5.75 Å². The lowest BCUT2D eigenvalue weighted by molar-refractivity contribution is -0.137. The number of halogens is 4. The third-order valence-corrected chi connectivity index (χ3v) is 5.42. The number of benzene rings is 2. The number of hydrogen-bond donors (Lipinski definition) is 1. The number of fused-ring (bicyclic) bond motifs is 1. The van der Waals surface area contributed by atoms with Gasteiger partial charge in [-0.3, -0.25) is 9.59 Å². The minimum absolute atomic E-state index is 0.0123. The van der Waals surface area contributed by atoms with E-state index in [2.05, 4.69) is 15.4 Å². The first-order valence-corrected chi connectivity index (χ1v) is 10.1. The lowest BCUT2D eigenvalue weighted by Crippen LogP contribution is -2.24. The van der Waals surface area contributed by atoms with Gasteiger partial charge in [-0.2, -0.15) is 22.8 Å². The van der Waals surface area contributed by atoms with Crippen LogP contribution in [0.25, 0.3) is 11.0 Å². The van der Waals surface area contributed by atoms with Crippen molar-refractivity contribution in [2.24, 2.45) is 0 Å². The maximum Gasteiger partial charge on any atom is 0.416 e. The number of rotatable bonds is 5. The summed E-state index contributed by atoms with van der Waals surface area (Å²) in [7, 11) is 0. The second-order valence-corrected chi connectivity index (χ2v) is 7.91. The third kappa shape index (κ3) is 4.73. The maximum atomic E-state index is 12.8. The normalized spacial score (nSPS) is 12.3. The number of carbonyl (C=O) groups is 1. The molecule has 2 aromatic heterocycles. The number of nitrogens with one attached hydrogen (secondary N) is 1. The van der Waals surface area contributed by atoms with E-state index in [4.69, 9.17) is 16.3 Å². The number of amides is 1. The van der Waals surface area contributed by atoms with E-state index in [1.165, 1.54) is 30.6 Å². The number of ether oxygens (including phenoxy) is 1. The van der Waals surface area contributed by atoms with Crippen LogP contribution in [0.3, 0.4) is 0 Å². The molecular formula is C20H12ClF3N4O3S. The van der Waals surface area contributed by atoms with Gasteiger partial charge < -0.3 is 10.1 Å². The Morgan fingerprint density at radius 2 is 2.06 bits per heavy atom. The Kier molecular flexibility index (Phi) is 5.85. The van der Waals surface area contributed by atoms with Gasteiger partial charge in [0.2, 0.25) is 4.96 Å². The SMILES string of the molecule is O=C(COc1ccc(Cl)cc1/C=c1\sc2ncnn2c1=O)Nc1cccc(C(F)(F)F)c1. The zero-order valence-corrected chi connectivity index (χ0v) is 17.5. The Hall–Kier alpha value is -3.44. The van der Waals surface area contributed by atoms with Crippen LogP contribution >= 0.6 is 22.9 Å². The van der Waals surface area contributed by atoms with E-state index in [1.54, 1.807) is 12.1 Å². The number of anilines is 1. The summed E-state index contributed by atoms with van der Waals surface area (Å²) in [5.74, 6) is -0.402. The van der Waals surface area contributed by atoms with Crippen molar-refractivity contribution in [2.75, 3.05) is 11.9 Å². The molecule has 1 amide bonds. The fraction of sp³-hybridized carbons (Fsp3) is 0.100. The predicted octanol–water partition coefficient (Wildman–Crippen LogP) is 3.39. The molecule has 0 saturated carbocycles. The van der Waals surface area contributed by atoms with Gasteiger partial charge in [0, 0.05) is 16.3 Å². The average molecular weight is 481 g/mol. The van der Waals surface area contributed by atoms with E-state index >= 15 is 0 Å². The number of aromatic nitrogens is 3. The summed E-state index contributed by atoms with van der Waals surface area (Å²) in [5, 5.41) is 6.58. The van der Waals surface area contributed by atoms with Gasteiger partial charge in [0.25, 0.3) is 11.5 Å². The summed E-state index contributed by atoms with van der Waals surface area (Å²) in [4.78, 5) is 29.0. The lowest BCUT2D eigenvalue weighted by atomic mass is 10.2. The van der Waals surface area contributed by atoms with Gasteiger partial charge in [-0.05, 0) is 42.5 Å². The first-order chi connectivity index (χ1) is 15.2. The zero-order chi connectivity index (χ0) is 22.9.